The Hall–Kier alpha value is -2.90. The molecule has 1 aliphatic heterocycles. The van der Waals surface area contributed by atoms with Crippen molar-refractivity contribution in [2.75, 3.05) is 18.4 Å². The van der Waals surface area contributed by atoms with Crippen LogP contribution in [0, 0.1) is 6.92 Å². The van der Waals surface area contributed by atoms with E-state index in [0.29, 0.717) is 12.2 Å². The molecule has 1 unspecified atom stereocenters. The maximum absolute atomic E-state index is 12.8. The molecule has 26 heavy (non-hydrogen) atoms. The Balaban J connectivity index is 1.44. The zero-order chi connectivity index (χ0) is 18.3. The molecule has 1 N–H and O–H groups in total. The van der Waals surface area contributed by atoms with Gasteiger partial charge in [0.25, 0.3) is 5.91 Å². The number of imidazole rings is 1. The molecule has 3 aromatic heterocycles. The quantitative estimate of drug-likeness (QED) is 0.772. The number of likely N-dealkylation sites (tertiary alicyclic amines) is 1. The molecule has 1 atom stereocenters. The van der Waals surface area contributed by atoms with E-state index < -0.39 is 0 Å². The lowest BCUT2D eigenvalue weighted by atomic mass is 10.2. The maximum Gasteiger partial charge on any atom is 0.272 e. The first kappa shape index (κ1) is 16.6. The molecular formula is C18H23N7O. The number of nitrogens with one attached hydrogen (secondary N) is 1. The zero-order valence-corrected chi connectivity index (χ0v) is 15.3. The molecule has 0 spiro atoms. The summed E-state index contributed by atoms with van der Waals surface area (Å²) < 4.78 is 3.45. The first-order valence-corrected chi connectivity index (χ1v) is 8.95. The molecule has 4 rings (SSSR count). The number of hydrogen-bond donors (Lipinski definition) is 1. The number of rotatable bonds is 4. The molecule has 0 saturated carbocycles. The van der Waals surface area contributed by atoms with Gasteiger partial charge in [-0.05, 0) is 38.0 Å². The number of aromatic nitrogens is 5. The van der Waals surface area contributed by atoms with E-state index in [0.717, 1.165) is 42.2 Å². The number of fused-ring (bicyclic) bond motifs is 1. The molecule has 0 radical (unpaired) electrons. The monoisotopic (exact) mass is 353 g/mol. The van der Waals surface area contributed by atoms with Crippen molar-refractivity contribution in [2.24, 2.45) is 7.05 Å². The third-order valence-electron chi connectivity index (χ3n) is 4.78. The van der Waals surface area contributed by atoms with Crippen LogP contribution in [0.3, 0.4) is 0 Å². The van der Waals surface area contributed by atoms with Crippen LogP contribution in [-0.2, 0) is 13.5 Å². The second-order valence-electron chi connectivity index (χ2n) is 6.78. The minimum Gasteiger partial charge on any atom is -0.364 e. The second kappa shape index (κ2) is 6.44. The maximum atomic E-state index is 12.8. The number of amides is 1. The number of carbonyl (C=O) groups excluding carboxylic acids is 1. The predicted octanol–water partition coefficient (Wildman–Crippen LogP) is 1.66. The topological polar surface area (TPSA) is 80.4 Å². The first-order chi connectivity index (χ1) is 12.5. The molecule has 8 heteroatoms. The summed E-state index contributed by atoms with van der Waals surface area (Å²) >= 11 is 0. The standard InChI is InChI=1S/C18H23N7O/c1-4-13-9-15(23(3)21-13)18(26)24-8-7-14(11-24)20-16-5-6-17-19-12(2)10-25(17)22-16/h5-6,9-10,14H,4,7-8,11H2,1-3H3,(H,20,22). The van der Waals surface area contributed by atoms with Crippen LogP contribution < -0.4 is 5.32 Å². The Morgan fingerprint density at radius 1 is 1.35 bits per heavy atom. The summed E-state index contributed by atoms with van der Waals surface area (Å²) in [4.78, 5) is 19.0. The van der Waals surface area contributed by atoms with Crippen molar-refractivity contribution in [1.82, 2.24) is 29.3 Å². The number of anilines is 1. The molecule has 1 saturated heterocycles. The molecule has 4 heterocycles. The number of carbonyl (C=O) groups is 1. The van der Waals surface area contributed by atoms with Crippen LogP contribution in [-0.4, -0.2) is 54.3 Å². The number of nitrogens with zero attached hydrogens (tertiary/aromatic N) is 6. The van der Waals surface area contributed by atoms with Gasteiger partial charge in [-0.1, -0.05) is 6.92 Å². The molecule has 1 fully saturated rings. The molecule has 8 nitrogen and oxygen atoms in total. The smallest absolute Gasteiger partial charge is 0.272 e. The van der Waals surface area contributed by atoms with Crippen LogP contribution in [0.15, 0.2) is 24.4 Å². The third kappa shape index (κ3) is 3.02. The van der Waals surface area contributed by atoms with Crippen LogP contribution in [0.1, 0.15) is 35.2 Å². The highest BCUT2D eigenvalue weighted by Crippen LogP contribution is 2.18. The normalized spacial score (nSPS) is 17.2. The van der Waals surface area contributed by atoms with E-state index in [2.05, 4.69) is 20.5 Å². The average Bonchev–Trinajstić information content (AvgIpc) is 3.31. The highest BCUT2D eigenvalue weighted by molar-refractivity contribution is 5.93. The van der Waals surface area contributed by atoms with Crippen molar-refractivity contribution in [1.29, 1.82) is 0 Å². The highest BCUT2D eigenvalue weighted by Gasteiger charge is 2.29. The summed E-state index contributed by atoms with van der Waals surface area (Å²) in [6, 6.07) is 5.95. The molecule has 136 valence electrons. The molecule has 0 aromatic carbocycles. The minimum atomic E-state index is 0.0395. The van der Waals surface area contributed by atoms with E-state index >= 15 is 0 Å². The van der Waals surface area contributed by atoms with Gasteiger partial charge in [-0.3, -0.25) is 9.48 Å². The van der Waals surface area contributed by atoms with E-state index in [-0.39, 0.29) is 11.9 Å². The fourth-order valence-electron chi connectivity index (χ4n) is 3.41. The Morgan fingerprint density at radius 2 is 2.19 bits per heavy atom. The van der Waals surface area contributed by atoms with Crippen LogP contribution in [0.5, 0.6) is 0 Å². The summed E-state index contributed by atoms with van der Waals surface area (Å²) in [5.74, 6) is 0.834. The van der Waals surface area contributed by atoms with E-state index in [9.17, 15) is 4.79 Å². The molecular weight excluding hydrogens is 330 g/mol. The largest absolute Gasteiger partial charge is 0.364 e. The lowest BCUT2D eigenvalue weighted by molar-refractivity contribution is 0.0780. The molecule has 0 aliphatic carbocycles. The summed E-state index contributed by atoms with van der Waals surface area (Å²) in [6.45, 7) is 5.38. The van der Waals surface area contributed by atoms with Gasteiger partial charge in [0.05, 0.1) is 17.6 Å². The summed E-state index contributed by atoms with van der Waals surface area (Å²) in [6.07, 6.45) is 3.62. The van der Waals surface area contributed by atoms with E-state index in [1.54, 1.807) is 9.20 Å². The van der Waals surface area contributed by atoms with Crippen molar-refractivity contribution in [3.63, 3.8) is 0 Å². The van der Waals surface area contributed by atoms with Crippen molar-refractivity contribution in [2.45, 2.75) is 32.7 Å². The van der Waals surface area contributed by atoms with Crippen molar-refractivity contribution in [3.05, 3.63) is 41.5 Å². The van der Waals surface area contributed by atoms with Crippen LogP contribution in [0.2, 0.25) is 0 Å². The molecule has 3 aromatic rings. The summed E-state index contributed by atoms with van der Waals surface area (Å²) in [5, 5.41) is 12.3. The van der Waals surface area contributed by atoms with Crippen molar-refractivity contribution < 1.29 is 4.79 Å². The summed E-state index contributed by atoms with van der Waals surface area (Å²) in [5.41, 5.74) is 3.36. The average molecular weight is 353 g/mol. The van der Waals surface area contributed by atoms with Gasteiger partial charge in [-0.25, -0.2) is 9.50 Å². The Labute approximate surface area is 151 Å². The van der Waals surface area contributed by atoms with Gasteiger partial charge >= 0.3 is 0 Å². The van der Waals surface area contributed by atoms with Crippen LogP contribution in [0.25, 0.3) is 5.65 Å². The fraction of sp³-hybridized carbons (Fsp3) is 0.444. The zero-order valence-electron chi connectivity index (χ0n) is 15.3. The Bertz CT molecular complexity index is 958. The fourth-order valence-corrected chi connectivity index (χ4v) is 3.41. The van der Waals surface area contributed by atoms with Crippen molar-refractivity contribution >= 4 is 17.4 Å². The number of aryl methyl sites for hydroxylation is 3. The first-order valence-electron chi connectivity index (χ1n) is 8.95. The molecule has 0 bridgehead atoms. The molecule has 1 aliphatic rings. The Morgan fingerprint density at radius 3 is 2.96 bits per heavy atom. The second-order valence-corrected chi connectivity index (χ2v) is 6.78. The van der Waals surface area contributed by atoms with Gasteiger partial charge in [0, 0.05) is 26.2 Å². The van der Waals surface area contributed by atoms with Crippen LogP contribution in [0.4, 0.5) is 5.82 Å². The van der Waals surface area contributed by atoms with E-state index in [1.807, 2.05) is 50.2 Å². The van der Waals surface area contributed by atoms with Crippen LogP contribution >= 0.6 is 0 Å². The van der Waals surface area contributed by atoms with Gasteiger partial charge in [-0.15, -0.1) is 5.10 Å². The SMILES string of the molecule is CCc1cc(C(=O)N2CCC(Nc3ccc4nc(C)cn4n3)C2)n(C)n1. The van der Waals surface area contributed by atoms with Gasteiger partial charge < -0.3 is 10.2 Å². The molecule has 1 amide bonds. The van der Waals surface area contributed by atoms with Gasteiger partial charge in [0.2, 0.25) is 0 Å². The van der Waals surface area contributed by atoms with Gasteiger partial charge in [0.1, 0.15) is 11.5 Å². The summed E-state index contributed by atoms with van der Waals surface area (Å²) in [7, 11) is 1.82. The van der Waals surface area contributed by atoms with E-state index in [1.165, 1.54) is 0 Å². The lowest BCUT2D eigenvalue weighted by Gasteiger charge is -2.17. The van der Waals surface area contributed by atoms with Gasteiger partial charge in [-0.2, -0.15) is 5.10 Å². The van der Waals surface area contributed by atoms with Crippen molar-refractivity contribution in [3.8, 4) is 0 Å². The Kier molecular flexibility index (Phi) is 4.10. The van der Waals surface area contributed by atoms with E-state index in [4.69, 9.17) is 0 Å². The lowest BCUT2D eigenvalue weighted by Crippen LogP contribution is -2.32. The third-order valence-corrected chi connectivity index (χ3v) is 4.78. The number of hydrogen-bond acceptors (Lipinski definition) is 5. The minimum absolute atomic E-state index is 0.0395. The predicted molar refractivity (Wildman–Crippen MR) is 98.2 cm³/mol. The highest BCUT2D eigenvalue weighted by atomic mass is 16.2. The van der Waals surface area contributed by atoms with Gasteiger partial charge in [0.15, 0.2) is 5.65 Å².